The van der Waals surface area contributed by atoms with Crippen LogP contribution in [0.25, 0.3) is 0 Å². The third-order valence-corrected chi connectivity index (χ3v) is 1.41. The van der Waals surface area contributed by atoms with Crippen molar-refractivity contribution >= 4 is 18.4 Å². The van der Waals surface area contributed by atoms with E-state index in [1.54, 1.807) is 0 Å². The summed E-state index contributed by atoms with van der Waals surface area (Å²) in [5.41, 5.74) is 0. The minimum Gasteiger partial charge on any atom is -0.481 e. The molecule has 0 spiro atoms. The summed E-state index contributed by atoms with van der Waals surface area (Å²) in [6.45, 7) is 2.11. The second-order valence-electron chi connectivity index (χ2n) is 2.29. The fourth-order valence-corrected chi connectivity index (χ4v) is 0.946. The predicted octanol–water partition coefficient (Wildman–Crippen LogP) is -0.129. The molecule has 0 bridgehead atoms. The van der Waals surface area contributed by atoms with Gasteiger partial charge in [-0.15, -0.1) is 12.4 Å². The van der Waals surface area contributed by atoms with Crippen molar-refractivity contribution < 1.29 is 14.6 Å². The molecule has 1 heterocycles. The molecule has 1 saturated heterocycles. The van der Waals surface area contributed by atoms with E-state index in [0.29, 0.717) is 13.2 Å². The molecule has 2 N–H and O–H groups in total. The van der Waals surface area contributed by atoms with Gasteiger partial charge in [0, 0.05) is 13.1 Å². The third kappa shape index (κ3) is 4.19. The average molecular weight is 182 g/mol. The maximum absolute atomic E-state index is 10.2. The zero-order valence-corrected chi connectivity index (χ0v) is 6.89. The minimum atomic E-state index is -0.797. The second-order valence-corrected chi connectivity index (χ2v) is 2.29. The SMILES string of the molecule is Cl.O=C(O)C[C@@H]1CNCCO1. The second kappa shape index (κ2) is 5.35. The lowest BCUT2D eigenvalue weighted by Gasteiger charge is -2.21. The molecule has 0 radical (unpaired) electrons. The zero-order chi connectivity index (χ0) is 7.40. The van der Waals surface area contributed by atoms with Gasteiger partial charge in [0.05, 0.1) is 19.1 Å². The Balaban J connectivity index is 0.000001000. The lowest BCUT2D eigenvalue weighted by Crippen LogP contribution is -2.39. The van der Waals surface area contributed by atoms with Gasteiger partial charge in [0.15, 0.2) is 0 Å². The molecule has 1 fully saturated rings. The van der Waals surface area contributed by atoms with Gasteiger partial charge in [-0.25, -0.2) is 0 Å². The van der Waals surface area contributed by atoms with Crippen molar-refractivity contribution in [1.82, 2.24) is 5.32 Å². The molecule has 0 aromatic carbocycles. The molecule has 5 heteroatoms. The fraction of sp³-hybridized carbons (Fsp3) is 0.833. The summed E-state index contributed by atoms with van der Waals surface area (Å²) in [5, 5.41) is 11.4. The van der Waals surface area contributed by atoms with E-state index in [9.17, 15) is 4.79 Å². The molecule has 0 unspecified atom stereocenters. The molecular weight excluding hydrogens is 170 g/mol. The number of morpholine rings is 1. The van der Waals surface area contributed by atoms with Crippen LogP contribution in [0.2, 0.25) is 0 Å². The molecule has 4 nitrogen and oxygen atoms in total. The first kappa shape index (κ1) is 10.7. The number of nitrogens with one attached hydrogen (secondary N) is 1. The maximum Gasteiger partial charge on any atom is 0.306 e. The van der Waals surface area contributed by atoms with E-state index in [4.69, 9.17) is 9.84 Å². The lowest BCUT2D eigenvalue weighted by atomic mass is 10.2. The normalized spacial score (nSPS) is 23.8. The number of rotatable bonds is 2. The van der Waals surface area contributed by atoms with Gasteiger partial charge in [-0.3, -0.25) is 4.79 Å². The smallest absolute Gasteiger partial charge is 0.306 e. The standard InChI is InChI=1S/C6H11NO3.ClH/c8-6(9)3-5-4-7-1-2-10-5;/h5,7H,1-4H2,(H,8,9);1H/t5-;/m1./s1. The van der Waals surface area contributed by atoms with Gasteiger partial charge in [-0.05, 0) is 0 Å². The third-order valence-electron chi connectivity index (χ3n) is 1.41. The van der Waals surface area contributed by atoms with Crippen LogP contribution in [0.15, 0.2) is 0 Å². The van der Waals surface area contributed by atoms with E-state index in [1.807, 2.05) is 0 Å². The highest BCUT2D eigenvalue weighted by molar-refractivity contribution is 5.85. The summed E-state index contributed by atoms with van der Waals surface area (Å²) in [6.07, 6.45) is -0.0289. The molecule has 66 valence electrons. The highest BCUT2D eigenvalue weighted by atomic mass is 35.5. The van der Waals surface area contributed by atoms with E-state index in [1.165, 1.54) is 0 Å². The van der Waals surface area contributed by atoms with Crippen LogP contribution in [-0.2, 0) is 9.53 Å². The first-order valence-electron chi connectivity index (χ1n) is 3.33. The van der Waals surface area contributed by atoms with Gasteiger partial charge in [0.1, 0.15) is 0 Å². The Kier molecular flexibility index (Phi) is 5.19. The Labute approximate surface area is 71.3 Å². The summed E-state index contributed by atoms with van der Waals surface area (Å²) in [4.78, 5) is 10.2. The Hall–Kier alpha value is -0.320. The molecule has 11 heavy (non-hydrogen) atoms. The van der Waals surface area contributed by atoms with Gasteiger partial charge in [0.25, 0.3) is 0 Å². The van der Waals surface area contributed by atoms with Gasteiger partial charge in [0.2, 0.25) is 0 Å². The maximum atomic E-state index is 10.2. The van der Waals surface area contributed by atoms with E-state index in [2.05, 4.69) is 5.32 Å². The fourth-order valence-electron chi connectivity index (χ4n) is 0.946. The molecule has 1 rings (SSSR count). The van der Waals surface area contributed by atoms with Crippen LogP contribution < -0.4 is 5.32 Å². The monoisotopic (exact) mass is 181 g/mol. The van der Waals surface area contributed by atoms with Crippen molar-refractivity contribution in [2.24, 2.45) is 0 Å². The molecule has 0 amide bonds. The minimum absolute atomic E-state index is 0. The molecular formula is C6H12ClNO3. The lowest BCUT2D eigenvalue weighted by molar-refractivity contribution is -0.140. The highest BCUT2D eigenvalue weighted by Crippen LogP contribution is 2.00. The Morgan fingerprint density at radius 1 is 1.73 bits per heavy atom. The van der Waals surface area contributed by atoms with Crippen molar-refractivity contribution in [2.75, 3.05) is 19.7 Å². The Morgan fingerprint density at radius 3 is 2.91 bits per heavy atom. The molecule has 0 aromatic heterocycles. The first-order valence-corrected chi connectivity index (χ1v) is 3.33. The summed E-state index contributed by atoms with van der Waals surface area (Å²) in [5.74, 6) is -0.797. The van der Waals surface area contributed by atoms with Crippen LogP contribution in [0.5, 0.6) is 0 Å². The summed E-state index contributed by atoms with van der Waals surface area (Å²) < 4.78 is 5.15. The summed E-state index contributed by atoms with van der Waals surface area (Å²) in [6, 6.07) is 0. The zero-order valence-electron chi connectivity index (χ0n) is 6.08. The topological polar surface area (TPSA) is 58.6 Å². The summed E-state index contributed by atoms with van der Waals surface area (Å²) in [7, 11) is 0. The molecule has 0 aliphatic carbocycles. The molecule has 1 aliphatic heterocycles. The molecule has 0 aromatic rings. The van der Waals surface area contributed by atoms with E-state index in [0.717, 1.165) is 6.54 Å². The quantitative estimate of drug-likeness (QED) is 0.623. The predicted molar refractivity (Wildman–Crippen MR) is 42.1 cm³/mol. The number of aliphatic carboxylic acids is 1. The average Bonchev–Trinajstić information content (AvgIpc) is 1.88. The van der Waals surface area contributed by atoms with Crippen molar-refractivity contribution in [2.45, 2.75) is 12.5 Å². The van der Waals surface area contributed by atoms with Gasteiger partial charge < -0.3 is 15.2 Å². The number of carboxylic acid groups (broad SMARTS) is 1. The van der Waals surface area contributed by atoms with Crippen LogP contribution in [0.4, 0.5) is 0 Å². The van der Waals surface area contributed by atoms with Crippen LogP contribution in [0.1, 0.15) is 6.42 Å². The van der Waals surface area contributed by atoms with Crippen LogP contribution in [0, 0.1) is 0 Å². The van der Waals surface area contributed by atoms with Gasteiger partial charge >= 0.3 is 5.97 Å². The summed E-state index contributed by atoms with van der Waals surface area (Å²) >= 11 is 0. The number of ether oxygens (including phenoxy) is 1. The van der Waals surface area contributed by atoms with Crippen molar-refractivity contribution in [3.63, 3.8) is 0 Å². The Bertz CT molecular complexity index is 125. The van der Waals surface area contributed by atoms with Crippen molar-refractivity contribution in [3.8, 4) is 0 Å². The first-order chi connectivity index (χ1) is 4.79. The van der Waals surface area contributed by atoms with Crippen molar-refractivity contribution in [3.05, 3.63) is 0 Å². The van der Waals surface area contributed by atoms with Crippen LogP contribution >= 0.6 is 12.4 Å². The van der Waals surface area contributed by atoms with E-state index < -0.39 is 5.97 Å². The molecule has 0 saturated carbocycles. The van der Waals surface area contributed by atoms with E-state index in [-0.39, 0.29) is 24.9 Å². The van der Waals surface area contributed by atoms with Gasteiger partial charge in [-0.2, -0.15) is 0 Å². The largest absolute Gasteiger partial charge is 0.481 e. The number of hydrogen-bond donors (Lipinski definition) is 2. The molecule has 1 aliphatic rings. The van der Waals surface area contributed by atoms with Crippen LogP contribution in [-0.4, -0.2) is 36.9 Å². The van der Waals surface area contributed by atoms with Crippen molar-refractivity contribution in [1.29, 1.82) is 0 Å². The molecule has 1 atom stereocenters. The van der Waals surface area contributed by atoms with Crippen LogP contribution in [0.3, 0.4) is 0 Å². The highest BCUT2D eigenvalue weighted by Gasteiger charge is 2.15. The number of carbonyl (C=O) groups is 1. The van der Waals surface area contributed by atoms with Gasteiger partial charge in [-0.1, -0.05) is 0 Å². The Morgan fingerprint density at radius 2 is 2.45 bits per heavy atom. The number of hydrogen-bond acceptors (Lipinski definition) is 3. The number of carboxylic acids is 1. The van der Waals surface area contributed by atoms with E-state index >= 15 is 0 Å². The number of halogens is 1.